The van der Waals surface area contributed by atoms with Crippen molar-refractivity contribution in [2.24, 2.45) is 0 Å². The molecule has 0 aromatic rings. The number of aliphatic hydroxyl groups is 1. The van der Waals surface area contributed by atoms with Crippen LogP contribution in [0, 0.1) is 0 Å². The molecule has 1 heterocycles. The molecule has 1 amide bonds. The van der Waals surface area contributed by atoms with E-state index in [2.05, 4.69) is 5.32 Å². The highest BCUT2D eigenvalue weighted by molar-refractivity contribution is 7.89. The smallest absolute Gasteiger partial charge is 0.238 e. The lowest BCUT2D eigenvalue weighted by molar-refractivity contribution is -0.124. The highest BCUT2D eigenvalue weighted by atomic mass is 32.2. The maximum absolute atomic E-state index is 12.1. The minimum atomic E-state index is -3.35. The Morgan fingerprint density at radius 3 is 2.86 bits per heavy atom. The van der Waals surface area contributed by atoms with Gasteiger partial charge in [-0.25, -0.2) is 8.42 Å². The van der Waals surface area contributed by atoms with Crippen LogP contribution in [0.25, 0.3) is 0 Å². The van der Waals surface area contributed by atoms with Crippen LogP contribution in [0.4, 0.5) is 0 Å². The quantitative estimate of drug-likeness (QED) is 0.608. The van der Waals surface area contributed by atoms with Gasteiger partial charge >= 0.3 is 0 Å². The zero-order valence-corrected chi connectivity index (χ0v) is 13.6. The third kappa shape index (κ3) is 5.54. The molecule has 2 unspecified atom stereocenters. The monoisotopic (exact) mass is 322 g/mol. The molecule has 1 rings (SSSR count). The fourth-order valence-corrected chi connectivity index (χ4v) is 4.21. The summed E-state index contributed by atoms with van der Waals surface area (Å²) in [6.45, 7) is 2.74. The van der Waals surface area contributed by atoms with Crippen molar-refractivity contribution < 1.29 is 23.1 Å². The summed E-state index contributed by atoms with van der Waals surface area (Å²) < 4.78 is 30.3. The Kier molecular flexibility index (Phi) is 7.58. The third-order valence-corrected chi connectivity index (χ3v) is 5.54. The van der Waals surface area contributed by atoms with Crippen LogP contribution < -0.4 is 5.32 Å². The van der Waals surface area contributed by atoms with E-state index in [4.69, 9.17) is 4.74 Å². The van der Waals surface area contributed by atoms with Crippen molar-refractivity contribution >= 4 is 15.9 Å². The van der Waals surface area contributed by atoms with Gasteiger partial charge in [0.25, 0.3) is 0 Å². The fourth-order valence-electron chi connectivity index (χ4n) is 2.47. The summed E-state index contributed by atoms with van der Waals surface area (Å²) in [5, 5.41) is 12.2. The number of hydrogen-bond acceptors (Lipinski definition) is 5. The second kappa shape index (κ2) is 8.67. The minimum Gasteiger partial charge on any atom is -0.391 e. The van der Waals surface area contributed by atoms with Crippen LogP contribution in [-0.4, -0.2) is 68.4 Å². The van der Waals surface area contributed by atoms with Crippen molar-refractivity contribution in [3.05, 3.63) is 0 Å². The topological polar surface area (TPSA) is 95.9 Å². The number of ether oxygens (including phenoxy) is 1. The summed E-state index contributed by atoms with van der Waals surface area (Å²) in [6.07, 6.45) is 1.55. The van der Waals surface area contributed by atoms with Gasteiger partial charge in [-0.15, -0.1) is 0 Å². The number of amides is 1. The highest BCUT2D eigenvalue weighted by Gasteiger charge is 2.37. The molecule has 124 valence electrons. The highest BCUT2D eigenvalue weighted by Crippen LogP contribution is 2.21. The lowest BCUT2D eigenvalue weighted by atomic mass is 10.2. The predicted octanol–water partition coefficient (Wildman–Crippen LogP) is -0.296. The van der Waals surface area contributed by atoms with E-state index in [1.807, 2.05) is 0 Å². The molecule has 2 atom stereocenters. The Labute approximate surface area is 126 Å². The maximum Gasteiger partial charge on any atom is 0.238 e. The lowest BCUT2D eigenvalue weighted by Gasteiger charge is -2.23. The van der Waals surface area contributed by atoms with Crippen LogP contribution >= 0.6 is 0 Å². The number of methoxy groups -OCH3 is 1. The largest absolute Gasteiger partial charge is 0.391 e. The van der Waals surface area contributed by atoms with Crippen molar-refractivity contribution in [2.75, 3.05) is 32.6 Å². The third-order valence-electron chi connectivity index (χ3n) is 3.46. The van der Waals surface area contributed by atoms with E-state index in [-0.39, 0.29) is 18.3 Å². The van der Waals surface area contributed by atoms with E-state index in [9.17, 15) is 18.3 Å². The normalized spacial score (nSPS) is 21.4. The van der Waals surface area contributed by atoms with E-state index < -0.39 is 22.2 Å². The summed E-state index contributed by atoms with van der Waals surface area (Å²) in [7, 11) is -1.85. The van der Waals surface area contributed by atoms with Crippen LogP contribution in [0.2, 0.25) is 0 Å². The second-order valence-electron chi connectivity index (χ2n) is 5.27. The van der Waals surface area contributed by atoms with Gasteiger partial charge in [0, 0.05) is 20.2 Å². The van der Waals surface area contributed by atoms with E-state index in [0.717, 1.165) is 0 Å². The molecule has 0 bridgehead atoms. The molecule has 7 nitrogen and oxygen atoms in total. The van der Waals surface area contributed by atoms with Crippen molar-refractivity contribution in [1.29, 1.82) is 0 Å². The average molecular weight is 322 g/mol. The summed E-state index contributed by atoms with van der Waals surface area (Å²) >= 11 is 0. The van der Waals surface area contributed by atoms with Crippen molar-refractivity contribution in [1.82, 2.24) is 9.62 Å². The van der Waals surface area contributed by atoms with Gasteiger partial charge in [-0.05, 0) is 25.7 Å². The van der Waals surface area contributed by atoms with Crippen LogP contribution in [0.1, 0.15) is 32.6 Å². The molecule has 0 aliphatic carbocycles. The van der Waals surface area contributed by atoms with Gasteiger partial charge in [0.05, 0.1) is 18.5 Å². The Bertz CT molecular complexity index is 426. The molecule has 0 aromatic heterocycles. The van der Waals surface area contributed by atoms with E-state index >= 15 is 0 Å². The van der Waals surface area contributed by atoms with Gasteiger partial charge in [0.15, 0.2) is 0 Å². The maximum atomic E-state index is 12.1. The van der Waals surface area contributed by atoms with E-state index in [0.29, 0.717) is 38.8 Å². The van der Waals surface area contributed by atoms with Crippen molar-refractivity contribution in [3.8, 4) is 0 Å². The lowest BCUT2D eigenvalue weighted by Crippen LogP contribution is -2.47. The summed E-state index contributed by atoms with van der Waals surface area (Å²) in [5.41, 5.74) is 0. The van der Waals surface area contributed by atoms with Gasteiger partial charge in [0.1, 0.15) is 6.04 Å². The first kappa shape index (κ1) is 18.3. The summed E-state index contributed by atoms with van der Waals surface area (Å²) in [4.78, 5) is 12.1. The molecule has 1 aliphatic rings. The number of carbonyl (C=O) groups is 1. The van der Waals surface area contributed by atoms with Crippen LogP contribution in [0.3, 0.4) is 0 Å². The summed E-state index contributed by atoms with van der Waals surface area (Å²) in [6, 6.07) is -0.610. The number of nitrogens with zero attached hydrogens (tertiary/aromatic N) is 1. The molecule has 0 saturated carbocycles. The zero-order chi connectivity index (χ0) is 15.9. The second-order valence-corrected chi connectivity index (χ2v) is 7.31. The fraction of sp³-hybridized carbons (Fsp3) is 0.923. The van der Waals surface area contributed by atoms with Crippen molar-refractivity contribution in [3.63, 3.8) is 0 Å². The van der Waals surface area contributed by atoms with Gasteiger partial charge in [-0.1, -0.05) is 6.92 Å². The number of sulfonamides is 1. The number of rotatable bonds is 9. The Hall–Kier alpha value is -0.700. The first-order valence-electron chi connectivity index (χ1n) is 7.36. The van der Waals surface area contributed by atoms with Crippen LogP contribution in [0.5, 0.6) is 0 Å². The molecule has 2 N–H and O–H groups in total. The Balaban J connectivity index is 2.49. The molecule has 1 aliphatic heterocycles. The first-order valence-corrected chi connectivity index (χ1v) is 8.97. The number of hydrogen-bond donors (Lipinski definition) is 2. The zero-order valence-electron chi connectivity index (χ0n) is 12.7. The molecule has 1 fully saturated rings. The predicted molar refractivity (Wildman–Crippen MR) is 79.3 cm³/mol. The number of aliphatic hydroxyl groups excluding tert-OH is 1. The first-order chi connectivity index (χ1) is 9.92. The van der Waals surface area contributed by atoms with E-state index in [1.54, 1.807) is 6.92 Å². The van der Waals surface area contributed by atoms with Gasteiger partial charge in [-0.3, -0.25) is 4.79 Å². The molecule has 0 spiro atoms. The van der Waals surface area contributed by atoms with Crippen LogP contribution in [0.15, 0.2) is 0 Å². The van der Waals surface area contributed by atoms with Crippen molar-refractivity contribution in [2.45, 2.75) is 44.8 Å². The van der Waals surface area contributed by atoms with E-state index in [1.165, 1.54) is 11.4 Å². The standard InChI is InChI=1S/C13H26N2O5S/c1-3-9-21(18,19)15-8-4-5-12(15)13(17)14-7-6-11(16)10-20-2/h11-12,16H,3-10H2,1-2H3,(H,14,17). The molecular weight excluding hydrogens is 296 g/mol. The molecule has 0 radical (unpaired) electrons. The Morgan fingerprint density at radius 2 is 2.24 bits per heavy atom. The molecule has 1 saturated heterocycles. The SMILES string of the molecule is CCCS(=O)(=O)N1CCCC1C(=O)NCCC(O)COC. The van der Waals surface area contributed by atoms with Gasteiger partial charge in [0.2, 0.25) is 15.9 Å². The van der Waals surface area contributed by atoms with Crippen LogP contribution in [-0.2, 0) is 19.6 Å². The molecular formula is C13H26N2O5S. The van der Waals surface area contributed by atoms with Gasteiger partial charge < -0.3 is 15.2 Å². The Morgan fingerprint density at radius 1 is 1.52 bits per heavy atom. The summed E-state index contributed by atoms with van der Waals surface area (Å²) in [5.74, 6) is -0.208. The van der Waals surface area contributed by atoms with Gasteiger partial charge in [-0.2, -0.15) is 4.31 Å². The number of carbonyl (C=O) groups excluding carboxylic acids is 1. The number of nitrogens with one attached hydrogen (secondary N) is 1. The minimum absolute atomic E-state index is 0.0728. The molecule has 8 heteroatoms. The molecule has 0 aromatic carbocycles. The molecule has 21 heavy (non-hydrogen) atoms. The average Bonchev–Trinajstić information content (AvgIpc) is 2.89.